The molecule has 1 aromatic rings. The minimum atomic E-state index is -0.743. The number of aryl methyl sites for hydroxylation is 1. The molecule has 4 nitrogen and oxygen atoms in total. The molecular weight excluding hydrogens is 264 g/mol. The first kappa shape index (κ1) is 14.1. The lowest BCUT2D eigenvalue weighted by Gasteiger charge is -2.43. The van der Waals surface area contributed by atoms with Gasteiger partial charge < -0.3 is 5.32 Å². The van der Waals surface area contributed by atoms with Gasteiger partial charge in [-0.25, -0.2) is 0 Å². The third-order valence-corrected chi connectivity index (χ3v) is 4.83. The molecule has 4 heteroatoms. The second kappa shape index (κ2) is 4.86. The van der Waals surface area contributed by atoms with Crippen LogP contribution in [0.5, 0.6) is 0 Å². The largest absolute Gasteiger partial charge is 0.340 e. The second-order valence-corrected chi connectivity index (χ2v) is 6.34. The average Bonchev–Trinajstić information content (AvgIpc) is 3.31. The van der Waals surface area contributed by atoms with Gasteiger partial charge in [0.25, 0.3) is 5.91 Å². The Labute approximate surface area is 125 Å². The number of hydrogen-bond acceptors (Lipinski definition) is 2. The number of carbonyl (C=O) groups excluding carboxylic acids is 2. The lowest BCUT2D eigenvalue weighted by atomic mass is 9.89. The molecule has 1 aromatic carbocycles. The lowest BCUT2D eigenvalue weighted by molar-refractivity contribution is -0.138. The number of anilines is 1. The number of amides is 2. The van der Waals surface area contributed by atoms with Crippen molar-refractivity contribution in [2.75, 3.05) is 4.90 Å². The molecule has 2 fully saturated rings. The summed E-state index contributed by atoms with van der Waals surface area (Å²) < 4.78 is 0. The predicted molar refractivity (Wildman–Crippen MR) is 82.0 cm³/mol. The van der Waals surface area contributed by atoms with E-state index in [1.807, 2.05) is 31.2 Å². The summed E-state index contributed by atoms with van der Waals surface area (Å²) >= 11 is 0. The highest BCUT2D eigenvalue weighted by Gasteiger charge is 2.54. The normalized spacial score (nSPS) is 29.5. The van der Waals surface area contributed by atoms with Crippen molar-refractivity contribution >= 4 is 17.5 Å². The Morgan fingerprint density at radius 3 is 2.38 bits per heavy atom. The number of carbonyl (C=O) groups is 2. The van der Waals surface area contributed by atoms with Crippen molar-refractivity contribution in [2.24, 2.45) is 5.92 Å². The minimum absolute atomic E-state index is 0.0151. The van der Waals surface area contributed by atoms with Crippen molar-refractivity contribution in [1.82, 2.24) is 5.32 Å². The molecular formula is C17H22N2O2. The number of rotatable bonds is 3. The fourth-order valence-electron chi connectivity index (χ4n) is 3.13. The van der Waals surface area contributed by atoms with E-state index >= 15 is 0 Å². The van der Waals surface area contributed by atoms with E-state index in [4.69, 9.17) is 0 Å². The maximum absolute atomic E-state index is 13.0. The topological polar surface area (TPSA) is 49.4 Å². The van der Waals surface area contributed by atoms with Crippen LogP contribution in [0.4, 0.5) is 5.69 Å². The SMILES string of the molecule is CCc1ccc(N2C(=O)C(C)(C3CC3)NC(=O)C2C)cc1. The van der Waals surface area contributed by atoms with Crippen molar-refractivity contribution < 1.29 is 9.59 Å². The molecule has 1 saturated heterocycles. The fraction of sp³-hybridized carbons (Fsp3) is 0.529. The van der Waals surface area contributed by atoms with Crippen LogP contribution in [0.15, 0.2) is 24.3 Å². The molecule has 1 N–H and O–H groups in total. The van der Waals surface area contributed by atoms with Crippen LogP contribution in [0.3, 0.4) is 0 Å². The Balaban J connectivity index is 1.97. The molecule has 1 aliphatic heterocycles. The molecule has 21 heavy (non-hydrogen) atoms. The van der Waals surface area contributed by atoms with E-state index in [2.05, 4.69) is 12.2 Å². The van der Waals surface area contributed by atoms with E-state index < -0.39 is 11.6 Å². The second-order valence-electron chi connectivity index (χ2n) is 6.34. The standard InChI is InChI=1S/C17H22N2O2/c1-4-12-5-9-14(10-6-12)19-11(2)15(20)18-17(3,16(19)21)13-7-8-13/h5-6,9-11,13H,4,7-8H2,1-3H3,(H,18,20). The van der Waals surface area contributed by atoms with Crippen molar-refractivity contribution in [1.29, 1.82) is 0 Å². The van der Waals surface area contributed by atoms with Crippen LogP contribution in [0.1, 0.15) is 39.2 Å². The third kappa shape index (κ3) is 2.23. The first-order valence-corrected chi connectivity index (χ1v) is 7.72. The van der Waals surface area contributed by atoms with Crippen LogP contribution in [0.25, 0.3) is 0 Å². The molecule has 1 saturated carbocycles. The van der Waals surface area contributed by atoms with Gasteiger partial charge in [0.05, 0.1) is 0 Å². The van der Waals surface area contributed by atoms with Gasteiger partial charge >= 0.3 is 0 Å². The van der Waals surface area contributed by atoms with Gasteiger partial charge in [-0.3, -0.25) is 14.5 Å². The summed E-state index contributed by atoms with van der Waals surface area (Å²) in [6.07, 6.45) is 2.99. The highest BCUT2D eigenvalue weighted by Crippen LogP contribution is 2.43. The number of hydrogen-bond donors (Lipinski definition) is 1. The van der Waals surface area contributed by atoms with E-state index in [-0.39, 0.29) is 17.7 Å². The van der Waals surface area contributed by atoms with Crippen LogP contribution in [-0.4, -0.2) is 23.4 Å². The van der Waals surface area contributed by atoms with Gasteiger partial charge in [0, 0.05) is 5.69 Å². The van der Waals surface area contributed by atoms with Crippen LogP contribution < -0.4 is 10.2 Å². The molecule has 0 aromatic heterocycles. The van der Waals surface area contributed by atoms with Gasteiger partial charge in [-0.15, -0.1) is 0 Å². The molecule has 1 aliphatic carbocycles. The maximum atomic E-state index is 13.0. The summed E-state index contributed by atoms with van der Waals surface area (Å²) in [7, 11) is 0. The van der Waals surface area contributed by atoms with Gasteiger partial charge in [-0.2, -0.15) is 0 Å². The maximum Gasteiger partial charge on any atom is 0.253 e. The molecule has 1 heterocycles. The van der Waals surface area contributed by atoms with Gasteiger partial charge in [-0.1, -0.05) is 19.1 Å². The fourth-order valence-corrected chi connectivity index (χ4v) is 3.13. The Kier molecular flexibility index (Phi) is 3.27. The minimum Gasteiger partial charge on any atom is -0.340 e. The summed E-state index contributed by atoms with van der Waals surface area (Å²) in [6.45, 7) is 5.75. The number of piperazine rings is 1. The van der Waals surface area contributed by atoms with Gasteiger partial charge in [0.1, 0.15) is 11.6 Å². The summed E-state index contributed by atoms with van der Waals surface area (Å²) in [5.74, 6) is 0.226. The molecule has 2 unspecified atom stereocenters. The van der Waals surface area contributed by atoms with E-state index in [1.165, 1.54) is 5.56 Å². The van der Waals surface area contributed by atoms with Crippen LogP contribution in [-0.2, 0) is 16.0 Å². The van der Waals surface area contributed by atoms with E-state index in [1.54, 1.807) is 11.8 Å². The summed E-state index contributed by atoms with van der Waals surface area (Å²) in [5.41, 5.74) is 1.30. The van der Waals surface area contributed by atoms with Gasteiger partial charge in [-0.05, 0) is 56.7 Å². The number of benzene rings is 1. The van der Waals surface area contributed by atoms with E-state index in [9.17, 15) is 9.59 Å². The first-order valence-electron chi connectivity index (χ1n) is 7.72. The molecule has 3 rings (SSSR count). The molecule has 0 spiro atoms. The molecule has 2 aliphatic rings. The monoisotopic (exact) mass is 286 g/mol. The Bertz CT molecular complexity index is 577. The zero-order valence-electron chi connectivity index (χ0n) is 12.8. The summed E-state index contributed by atoms with van der Waals surface area (Å²) in [5, 5.41) is 2.95. The summed E-state index contributed by atoms with van der Waals surface area (Å²) in [6, 6.07) is 7.47. The third-order valence-electron chi connectivity index (χ3n) is 4.83. The quantitative estimate of drug-likeness (QED) is 0.926. The number of nitrogens with zero attached hydrogens (tertiary/aromatic N) is 1. The molecule has 0 radical (unpaired) electrons. The number of nitrogens with one attached hydrogen (secondary N) is 1. The van der Waals surface area contributed by atoms with Crippen molar-refractivity contribution in [3.05, 3.63) is 29.8 Å². The predicted octanol–water partition coefficient (Wildman–Crippen LogP) is 2.27. The average molecular weight is 286 g/mol. The van der Waals surface area contributed by atoms with E-state index in [0.717, 1.165) is 24.9 Å². The Hall–Kier alpha value is -1.84. The van der Waals surface area contributed by atoms with E-state index in [0.29, 0.717) is 0 Å². The lowest BCUT2D eigenvalue weighted by Crippen LogP contribution is -2.69. The van der Waals surface area contributed by atoms with Crippen LogP contribution >= 0.6 is 0 Å². The molecule has 2 amide bonds. The van der Waals surface area contributed by atoms with Gasteiger partial charge in [0.15, 0.2) is 0 Å². The molecule has 2 atom stereocenters. The molecule has 0 bridgehead atoms. The smallest absolute Gasteiger partial charge is 0.253 e. The van der Waals surface area contributed by atoms with Crippen molar-refractivity contribution in [3.8, 4) is 0 Å². The highest BCUT2D eigenvalue weighted by atomic mass is 16.2. The van der Waals surface area contributed by atoms with Crippen LogP contribution in [0, 0.1) is 5.92 Å². The first-order chi connectivity index (χ1) is 9.97. The Morgan fingerprint density at radius 1 is 1.24 bits per heavy atom. The molecule has 112 valence electrons. The van der Waals surface area contributed by atoms with Crippen molar-refractivity contribution in [2.45, 2.75) is 51.6 Å². The summed E-state index contributed by atoms with van der Waals surface area (Å²) in [4.78, 5) is 26.9. The highest BCUT2D eigenvalue weighted by molar-refractivity contribution is 6.10. The van der Waals surface area contributed by atoms with Crippen LogP contribution in [0.2, 0.25) is 0 Å². The van der Waals surface area contributed by atoms with Crippen molar-refractivity contribution in [3.63, 3.8) is 0 Å². The zero-order chi connectivity index (χ0) is 15.2. The zero-order valence-corrected chi connectivity index (χ0v) is 12.8. The Morgan fingerprint density at radius 2 is 1.86 bits per heavy atom. The van der Waals surface area contributed by atoms with Gasteiger partial charge in [0.2, 0.25) is 5.91 Å².